The molecule has 0 aliphatic heterocycles. The van der Waals surface area contributed by atoms with Crippen LogP contribution in [0.4, 0.5) is 10.5 Å². The molecular formula is C15H16N2O4. The molecule has 1 unspecified atom stereocenters. The molecule has 0 spiro atoms. The molecule has 0 radical (unpaired) electrons. The zero-order valence-electron chi connectivity index (χ0n) is 11.7. The Morgan fingerprint density at radius 1 is 1.29 bits per heavy atom. The van der Waals surface area contributed by atoms with E-state index >= 15 is 0 Å². The summed E-state index contributed by atoms with van der Waals surface area (Å²) in [6, 6.07) is 7.40. The predicted molar refractivity (Wildman–Crippen MR) is 77.4 cm³/mol. The zero-order chi connectivity index (χ0) is 15.4. The lowest BCUT2D eigenvalue weighted by Crippen LogP contribution is -2.31. The van der Waals surface area contributed by atoms with Crippen LogP contribution in [0.15, 0.2) is 41.0 Å². The summed E-state index contributed by atoms with van der Waals surface area (Å²) in [5.74, 6) is -0.344. The Balaban J connectivity index is 2.01. The summed E-state index contributed by atoms with van der Waals surface area (Å²) < 4.78 is 5.20. The molecule has 110 valence electrons. The minimum absolute atomic E-state index is 0.183. The zero-order valence-corrected chi connectivity index (χ0v) is 11.7. The van der Waals surface area contributed by atoms with Crippen LogP contribution in [0, 0.1) is 6.92 Å². The van der Waals surface area contributed by atoms with Crippen molar-refractivity contribution in [2.45, 2.75) is 19.9 Å². The standard InChI is InChI=1S/C15H16N2O4/c1-9-8-11(14(18)19)5-6-12(9)17-15(20)16-10(2)13-4-3-7-21-13/h3-8,10H,1-2H3,(H,18,19)(H2,16,17,20). The van der Waals surface area contributed by atoms with Gasteiger partial charge in [-0.1, -0.05) is 0 Å². The van der Waals surface area contributed by atoms with Crippen LogP contribution >= 0.6 is 0 Å². The number of hydrogen-bond acceptors (Lipinski definition) is 3. The van der Waals surface area contributed by atoms with Crippen molar-refractivity contribution in [3.05, 3.63) is 53.5 Å². The summed E-state index contributed by atoms with van der Waals surface area (Å²) in [6.07, 6.45) is 1.54. The molecule has 2 aromatic rings. The third-order valence-electron chi connectivity index (χ3n) is 3.04. The molecule has 0 fully saturated rings. The molecule has 0 saturated carbocycles. The number of urea groups is 1. The summed E-state index contributed by atoms with van der Waals surface area (Å²) in [7, 11) is 0. The lowest BCUT2D eigenvalue weighted by molar-refractivity contribution is 0.0697. The van der Waals surface area contributed by atoms with Gasteiger partial charge in [0.15, 0.2) is 0 Å². The summed E-state index contributed by atoms with van der Waals surface area (Å²) in [5, 5.41) is 14.3. The van der Waals surface area contributed by atoms with E-state index in [0.29, 0.717) is 17.0 Å². The van der Waals surface area contributed by atoms with E-state index in [1.165, 1.54) is 12.1 Å². The van der Waals surface area contributed by atoms with Crippen molar-refractivity contribution >= 4 is 17.7 Å². The molecule has 0 aliphatic carbocycles. The van der Waals surface area contributed by atoms with E-state index in [9.17, 15) is 9.59 Å². The molecule has 0 aliphatic rings. The van der Waals surface area contributed by atoms with E-state index in [1.54, 1.807) is 38.3 Å². The SMILES string of the molecule is Cc1cc(C(=O)O)ccc1NC(=O)NC(C)c1ccco1. The summed E-state index contributed by atoms with van der Waals surface area (Å²) >= 11 is 0. The Kier molecular flexibility index (Phi) is 4.27. The molecule has 0 bridgehead atoms. The van der Waals surface area contributed by atoms with Crippen LogP contribution in [0.25, 0.3) is 0 Å². The lowest BCUT2D eigenvalue weighted by atomic mass is 10.1. The molecule has 0 saturated heterocycles. The van der Waals surface area contributed by atoms with Crippen molar-refractivity contribution in [1.82, 2.24) is 5.32 Å². The van der Waals surface area contributed by atoms with Gasteiger partial charge < -0.3 is 20.2 Å². The highest BCUT2D eigenvalue weighted by Gasteiger charge is 2.13. The van der Waals surface area contributed by atoms with Gasteiger partial charge in [0, 0.05) is 5.69 Å². The van der Waals surface area contributed by atoms with E-state index in [0.717, 1.165) is 0 Å². The van der Waals surface area contributed by atoms with Crippen molar-refractivity contribution in [3.63, 3.8) is 0 Å². The van der Waals surface area contributed by atoms with Gasteiger partial charge >= 0.3 is 12.0 Å². The molecule has 6 nitrogen and oxygen atoms in total. The number of benzene rings is 1. The van der Waals surface area contributed by atoms with Crippen LogP contribution in [0.5, 0.6) is 0 Å². The van der Waals surface area contributed by atoms with Gasteiger partial charge in [-0.15, -0.1) is 0 Å². The van der Waals surface area contributed by atoms with Crippen LogP contribution in [0.2, 0.25) is 0 Å². The largest absolute Gasteiger partial charge is 0.478 e. The van der Waals surface area contributed by atoms with E-state index < -0.39 is 5.97 Å². The minimum atomic E-state index is -0.999. The summed E-state index contributed by atoms with van der Waals surface area (Å²) in [6.45, 7) is 3.54. The van der Waals surface area contributed by atoms with Crippen LogP contribution < -0.4 is 10.6 Å². The second-order valence-electron chi connectivity index (χ2n) is 4.67. The van der Waals surface area contributed by atoms with Crippen molar-refractivity contribution in [3.8, 4) is 0 Å². The number of aryl methyl sites for hydroxylation is 1. The van der Waals surface area contributed by atoms with Crippen LogP contribution in [-0.2, 0) is 0 Å². The van der Waals surface area contributed by atoms with Gasteiger partial charge in [0.25, 0.3) is 0 Å². The molecule has 1 heterocycles. The number of amides is 2. The van der Waals surface area contributed by atoms with Gasteiger partial charge in [-0.25, -0.2) is 9.59 Å². The van der Waals surface area contributed by atoms with Crippen LogP contribution in [0.1, 0.15) is 34.6 Å². The molecule has 1 atom stereocenters. The topological polar surface area (TPSA) is 91.6 Å². The van der Waals surface area contributed by atoms with Gasteiger partial charge in [-0.2, -0.15) is 0 Å². The molecule has 21 heavy (non-hydrogen) atoms. The quantitative estimate of drug-likeness (QED) is 0.805. The fourth-order valence-corrected chi connectivity index (χ4v) is 1.90. The minimum Gasteiger partial charge on any atom is -0.478 e. The van der Waals surface area contributed by atoms with Gasteiger partial charge in [-0.3, -0.25) is 0 Å². The molecule has 3 N–H and O–H groups in total. The van der Waals surface area contributed by atoms with Gasteiger partial charge in [0.2, 0.25) is 0 Å². The average molecular weight is 288 g/mol. The number of rotatable bonds is 4. The molecule has 1 aromatic carbocycles. The van der Waals surface area contributed by atoms with Crippen molar-refractivity contribution in [1.29, 1.82) is 0 Å². The Bertz CT molecular complexity index is 650. The number of aromatic carboxylic acids is 1. The molecule has 6 heteroatoms. The number of carboxylic acids is 1. The number of hydrogen-bond donors (Lipinski definition) is 3. The van der Waals surface area contributed by atoms with E-state index in [4.69, 9.17) is 9.52 Å². The monoisotopic (exact) mass is 288 g/mol. The molecular weight excluding hydrogens is 272 g/mol. The third-order valence-corrected chi connectivity index (χ3v) is 3.04. The number of carbonyl (C=O) groups is 2. The molecule has 2 rings (SSSR count). The van der Waals surface area contributed by atoms with Gasteiger partial charge in [0.05, 0.1) is 17.9 Å². The Hall–Kier alpha value is -2.76. The van der Waals surface area contributed by atoms with E-state index in [2.05, 4.69) is 10.6 Å². The lowest BCUT2D eigenvalue weighted by Gasteiger charge is -2.14. The highest BCUT2D eigenvalue weighted by Crippen LogP contribution is 2.17. The van der Waals surface area contributed by atoms with Gasteiger partial charge in [0.1, 0.15) is 5.76 Å². The van der Waals surface area contributed by atoms with Crippen LogP contribution in [0.3, 0.4) is 0 Å². The second kappa shape index (κ2) is 6.13. The molecule has 1 aromatic heterocycles. The maximum Gasteiger partial charge on any atom is 0.335 e. The van der Waals surface area contributed by atoms with Crippen LogP contribution in [-0.4, -0.2) is 17.1 Å². The van der Waals surface area contributed by atoms with Crippen molar-refractivity contribution in [2.24, 2.45) is 0 Å². The first-order valence-electron chi connectivity index (χ1n) is 6.42. The second-order valence-corrected chi connectivity index (χ2v) is 4.67. The Morgan fingerprint density at radius 2 is 2.05 bits per heavy atom. The normalized spacial score (nSPS) is 11.7. The highest BCUT2D eigenvalue weighted by atomic mass is 16.4. The first-order valence-corrected chi connectivity index (χ1v) is 6.42. The summed E-state index contributed by atoms with van der Waals surface area (Å²) in [4.78, 5) is 22.8. The summed E-state index contributed by atoms with van der Waals surface area (Å²) in [5.41, 5.74) is 1.42. The number of furan rings is 1. The average Bonchev–Trinajstić information content (AvgIpc) is 2.94. The number of anilines is 1. The maximum absolute atomic E-state index is 11.9. The van der Waals surface area contributed by atoms with Gasteiger partial charge in [-0.05, 0) is 49.7 Å². The predicted octanol–water partition coefficient (Wildman–Crippen LogP) is 3.17. The van der Waals surface area contributed by atoms with E-state index in [1.807, 2.05) is 0 Å². The first-order chi connectivity index (χ1) is 9.97. The highest BCUT2D eigenvalue weighted by molar-refractivity contribution is 5.92. The fourth-order valence-electron chi connectivity index (χ4n) is 1.90. The smallest absolute Gasteiger partial charge is 0.335 e. The number of nitrogens with one attached hydrogen (secondary N) is 2. The fraction of sp³-hybridized carbons (Fsp3) is 0.200. The maximum atomic E-state index is 11.9. The Morgan fingerprint density at radius 3 is 2.62 bits per heavy atom. The van der Waals surface area contributed by atoms with Crippen molar-refractivity contribution in [2.75, 3.05) is 5.32 Å². The van der Waals surface area contributed by atoms with E-state index in [-0.39, 0.29) is 17.6 Å². The van der Waals surface area contributed by atoms with Crippen molar-refractivity contribution < 1.29 is 19.1 Å². The Labute approximate surface area is 121 Å². The number of carboxylic acid groups (broad SMARTS) is 1. The molecule has 2 amide bonds. The first kappa shape index (κ1) is 14.6. The number of carbonyl (C=O) groups excluding carboxylic acids is 1. The third kappa shape index (κ3) is 3.62.